The van der Waals surface area contributed by atoms with E-state index in [1.165, 1.54) is 0 Å². The molecule has 0 spiro atoms. The number of alkyl halides is 2. The van der Waals surface area contributed by atoms with Crippen LogP contribution in [0.2, 0.25) is 0 Å². The molecule has 4 aromatic carbocycles. The lowest BCUT2D eigenvalue weighted by molar-refractivity contribution is 0.0481. The zero-order valence-electron chi connectivity index (χ0n) is 21.5. The van der Waals surface area contributed by atoms with Crippen molar-refractivity contribution < 1.29 is 8.78 Å². The predicted molar refractivity (Wildman–Crippen MR) is 160 cm³/mol. The Labute approximate surface area is 232 Å². The van der Waals surface area contributed by atoms with E-state index in [-0.39, 0.29) is 11.1 Å². The van der Waals surface area contributed by atoms with Gasteiger partial charge in [0.15, 0.2) is 0 Å². The van der Waals surface area contributed by atoms with E-state index in [0.29, 0.717) is 33.6 Å². The maximum atomic E-state index is 16.2. The van der Waals surface area contributed by atoms with Gasteiger partial charge in [-0.3, -0.25) is 9.97 Å². The molecule has 4 heterocycles. The Morgan fingerprint density at radius 3 is 1.46 bits per heavy atom. The minimum atomic E-state index is -3.17. The molecule has 0 amide bonds. The van der Waals surface area contributed by atoms with Gasteiger partial charge in [-0.15, -0.1) is 0 Å². The lowest BCUT2D eigenvalue weighted by Crippen LogP contribution is -2.11. The van der Waals surface area contributed by atoms with Gasteiger partial charge in [0, 0.05) is 67.2 Å². The van der Waals surface area contributed by atoms with Crippen LogP contribution in [-0.4, -0.2) is 19.9 Å². The highest BCUT2D eigenvalue weighted by Gasteiger charge is 2.45. The normalized spacial score (nSPS) is 13.8. The molecular weight excluding hydrogens is 515 g/mol. The Kier molecular flexibility index (Phi) is 4.30. The Bertz CT molecular complexity index is 2200. The number of hydrogen-bond acceptors (Lipinski definition) is 2. The first kappa shape index (κ1) is 22.5. The van der Waals surface area contributed by atoms with Crippen molar-refractivity contribution >= 4 is 43.6 Å². The summed E-state index contributed by atoms with van der Waals surface area (Å²) >= 11 is 0. The van der Waals surface area contributed by atoms with Crippen molar-refractivity contribution in [3.05, 3.63) is 121 Å². The number of para-hydroxylation sites is 2. The Morgan fingerprint density at radius 1 is 0.512 bits per heavy atom. The quantitative estimate of drug-likeness (QED) is 0.232. The van der Waals surface area contributed by atoms with E-state index < -0.39 is 5.92 Å². The predicted octanol–water partition coefficient (Wildman–Crippen LogP) is 9.20. The minimum absolute atomic E-state index is 0.00570. The molecule has 0 saturated carbocycles. The number of pyridine rings is 2. The zero-order chi connectivity index (χ0) is 27.3. The van der Waals surface area contributed by atoms with Gasteiger partial charge in [0.1, 0.15) is 0 Å². The first-order valence-electron chi connectivity index (χ1n) is 13.5. The molecule has 9 rings (SSSR count). The second-order valence-electron chi connectivity index (χ2n) is 10.6. The van der Waals surface area contributed by atoms with E-state index in [9.17, 15) is 0 Å². The maximum absolute atomic E-state index is 16.2. The van der Waals surface area contributed by atoms with Gasteiger partial charge < -0.3 is 9.97 Å². The summed E-state index contributed by atoms with van der Waals surface area (Å²) < 4.78 is 32.5. The molecular formula is C35H20F2N4. The largest absolute Gasteiger partial charge is 0.353 e. The van der Waals surface area contributed by atoms with Crippen molar-refractivity contribution in [2.45, 2.75) is 5.92 Å². The van der Waals surface area contributed by atoms with Crippen molar-refractivity contribution in [2.24, 2.45) is 0 Å². The SMILES string of the molecule is FC1(F)c2cc(-c3nccc4c3[nH]c3ccccc34)ccc2-c2ccc(-c3nccc4c3[nH]c3ccccc34)[13cH]c21. The fraction of sp³-hybridized carbons (Fsp3) is 0.0286. The lowest BCUT2D eigenvalue weighted by Gasteiger charge is -2.14. The molecule has 4 nitrogen and oxygen atoms in total. The number of benzene rings is 4. The first-order valence-corrected chi connectivity index (χ1v) is 13.5. The fourth-order valence-electron chi connectivity index (χ4n) is 6.50. The van der Waals surface area contributed by atoms with E-state index in [0.717, 1.165) is 43.6 Å². The van der Waals surface area contributed by atoms with Gasteiger partial charge in [-0.1, -0.05) is 60.7 Å². The number of hydrogen-bond donors (Lipinski definition) is 2. The molecule has 1 aliphatic carbocycles. The van der Waals surface area contributed by atoms with E-state index in [4.69, 9.17) is 0 Å². The second-order valence-corrected chi connectivity index (χ2v) is 10.6. The van der Waals surface area contributed by atoms with Gasteiger partial charge in [0.05, 0.1) is 22.4 Å². The van der Waals surface area contributed by atoms with Crippen LogP contribution < -0.4 is 0 Å². The van der Waals surface area contributed by atoms with Gasteiger partial charge in [-0.2, -0.15) is 8.78 Å². The average Bonchev–Trinajstić information content (AvgIpc) is 3.65. The highest BCUT2D eigenvalue weighted by molar-refractivity contribution is 6.12. The molecule has 8 aromatic rings. The van der Waals surface area contributed by atoms with Crippen LogP contribution in [-0.2, 0) is 5.92 Å². The van der Waals surface area contributed by atoms with E-state index in [1.54, 1.807) is 36.7 Å². The molecule has 0 atom stereocenters. The Morgan fingerprint density at radius 2 is 0.976 bits per heavy atom. The summed E-state index contributed by atoms with van der Waals surface area (Å²) in [7, 11) is 0. The summed E-state index contributed by atoms with van der Waals surface area (Å²) in [6.45, 7) is 0. The van der Waals surface area contributed by atoms with Gasteiger partial charge in [-0.25, -0.2) is 0 Å². The Hall–Kier alpha value is -5.36. The monoisotopic (exact) mass is 535 g/mol. The molecule has 2 N–H and O–H groups in total. The summed E-state index contributed by atoms with van der Waals surface area (Å²) in [6.07, 6.45) is 3.48. The summed E-state index contributed by atoms with van der Waals surface area (Å²) in [6, 6.07) is 30.5. The molecule has 6 heteroatoms. The molecule has 0 aliphatic heterocycles. The van der Waals surface area contributed by atoms with Gasteiger partial charge in [-0.05, 0) is 47.5 Å². The van der Waals surface area contributed by atoms with Crippen LogP contribution in [0.25, 0.3) is 77.3 Å². The first-order chi connectivity index (χ1) is 20.1. The highest BCUT2D eigenvalue weighted by Crippen LogP contribution is 2.53. The smallest absolute Gasteiger partial charge is 0.299 e. The van der Waals surface area contributed by atoms with Crippen LogP contribution in [0.5, 0.6) is 0 Å². The summed E-state index contributed by atoms with van der Waals surface area (Å²) in [5.41, 5.74) is 7.34. The van der Waals surface area contributed by atoms with Crippen molar-refractivity contribution in [1.29, 1.82) is 0 Å². The fourth-order valence-corrected chi connectivity index (χ4v) is 6.50. The third kappa shape index (κ3) is 3.01. The van der Waals surface area contributed by atoms with Crippen LogP contribution >= 0.6 is 0 Å². The topological polar surface area (TPSA) is 57.4 Å². The number of nitrogens with one attached hydrogen (secondary N) is 2. The summed E-state index contributed by atoms with van der Waals surface area (Å²) in [5.74, 6) is -3.17. The van der Waals surface area contributed by atoms with Crippen LogP contribution in [0.1, 0.15) is 11.1 Å². The lowest BCUT2D eigenvalue weighted by atomic mass is 10.00. The number of fused-ring (bicyclic) bond motifs is 9. The molecule has 194 valence electrons. The van der Waals surface area contributed by atoms with E-state index in [1.807, 2.05) is 72.8 Å². The van der Waals surface area contributed by atoms with Gasteiger partial charge in [0.25, 0.3) is 5.92 Å². The molecule has 0 saturated heterocycles. The summed E-state index contributed by atoms with van der Waals surface area (Å²) in [4.78, 5) is 16.1. The Balaban J connectivity index is 1.19. The van der Waals surface area contributed by atoms with Crippen LogP contribution in [0.3, 0.4) is 0 Å². The molecule has 0 fully saturated rings. The van der Waals surface area contributed by atoms with Crippen LogP contribution in [0.4, 0.5) is 8.78 Å². The molecule has 41 heavy (non-hydrogen) atoms. The van der Waals surface area contributed by atoms with E-state index >= 15 is 8.78 Å². The van der Waals surface area contributed by atoms with Crippen LogP contribution in [0.15, 0.2) is 109 Å². The standard InChI is InChI=1S/C35H20F2N4/c36-35(37)27-17-19(31-33-25(13-15-38-31)23-5-1-3-7-29(23)40-33)9-11-21(27)22-12-10-20(18-28(22)35)32-34-26(14-16-39-32)24-6-2-4-8-30(24)41-34/h1-18,40-41H/i17+1. The molecule has 1 aliphatic rings. The summed E-state index contributed by atoms with van der Waals surface area (Å²) in [5, 5.41) is 4.20. The number of aromatic amines is 2. The zero-order valence-corrected chi connectivity index (χ0v) is 21.5. The minimum Gasteiger partial charge on any atom is -0.353 e. The van der Waals surface area contributed by atoms with Crippen molar-refractivity contribution in [2.75, 3.05) is 0 Å². The third-order valence-corrected chi connectivity index (χ3v) is 8.41. The number of halogens is 2. The van der Waals surface area contributed by atoms with Gasteiger partial charge in [0.2, 0.25) is 0 Å². The second kappa shape index (κ2) is 7.86. The van der Waals surface area contributed by atoms with Crippen molar-refractivity contribution in [3.63, 3.8) is 0 Å². The number of H-pyrrole nitrogens is 2. The number of aromatic nitrogens is 4. The molecule has 0 radical (unpaired) electrons. The van der Waals surface area contributed by atoms with Gasteiger partial charge >= 0.3 is 0 Å². The molecule has 0 bridgehead atoms. The van der Waals surface area contributed by atoms with Crippen molar-refractivity contribution in [1.82, 2.24) is 19.9 Å². The molecule has 0 unspecified atom stereocenters. The molecule has 4 aromatic heterocycles. The van der Waals surface area contributed by atoms with E-state index in [2.05, 4.69) is 19.9 Å². The number of nitrogens with zero attached hydrogens (tertiary/aromatic N) is 2. The maximum Gasteiger partial charge on any atom is 0.299 e. The van der Waals surface area contributed by atoms with Crippen LogP contribution in [0, 0.1) is 0 Å². The van der Waals surface area contributed by atoms with Crippen molar-refractivity contribution in [3.8, 4) is 33.6 Å². The number of rotatable bonds is 2. The third-order valence-electron chi connectivity index (χ3n) is 8.41. The average molecular weight is 536 g/mol. The highest BCUT2D eigenvalue weighted by atomic mass is 19.3.